The minimum atomic E-state index is -1.11. The molecule has 1 aliphatic heterocycles. The van der Waals surface area contributed by atoms with E-state index in [9.17, 15) is 15.0 Å². The summed E-state index contributed by atoms with van der Waals surface area (Å²) in [5.74, 6) is -1.02. The van der Waals surface area contributed by atoms with Crippen LogP contribution >= 0.6 is 0 Å². The number of nitrogens with one attached hydrogen (secondary N) is 1. The molecule has 2 aromatic carbocycles. The molecule has 1 heterocycles. The molecule has 112 valence electrons. The van der Waals surface area contributed by atoms with Crippen LogP contribution in [-0.4, -0.2) is 27.1 Å². The standard InChI is InChI=1S/C15H12N2O5/c18-11-4-2-1-3-9(11)14-16-13(17-22-14)10-7-8(15(20)21)5-6-12(10)19/h1-7,14,18-19H,(H,16,17)(H,20,21). The van der Waals surface area contributed by atoms with E-state index in [-0.39, 0.29) is 28.5 Å². The van der Waals surface area contributed by atoms with Gasteiger partial charge in [-0.05, 0) is 24.3 Å². The van der Waals surface area contributed by atoms with Crippen LogP contribution < -0.4 is 5.48 Å². The maximum absolute atomic E-state index is 11.0. The van der Waals surface area contributed by atoms with Crippen LogP contribution in [0.5, 0.6) is 11.5 Å². The zero-order valence-corrected chi connectivity index (χ0v) is 11.2. The second kappa shape index (κ2) is 5.38. The van der Waals surface area contributed by atoms with Crippen LogP contribution in [0.1, 0.15) is 27.7 Å². The van der Waals surface area contributed by atoms with Crippen LogP contribution in [0.2, 0.25) is 0 Å². The van der Waals surface area contributed by atoms with Crippen LogP contribution in [0.4, 0.5) is 0 Å². The average molecular weight is 300 g/mol. The number of para-hydroxylation sites is 1. The molecular formula is C15H12N2O5. The molecule has 22 heavy (non-hydrogen) atoms. The molecule has 0 aromatic heterocycles. The van der Waals surface area contributed by atoms with E-state index in [1.807, 2.05) is 0 Å². The molecular weight excluding hydrogens is 288 g/mol. The van der Waals surface area contributed by atoms with Gasteiger partial charge in [-0.2, -0.15) is 0 Å². The van der Waals surface area contributed by atoms with E-state index in [0.717, 1.165) is 0 Å². The van der Waals surface area contributed by atoms with Crippen LogP contribution in [0.25, 0.3) is 0 Å². The lowest BCUT2D eigenvalue weighted by atomic mass is 10.1. The Kier molecular flexibility index (Phi) is 3.40. The first kappa shape index (κ1) is 13.9. The first-order valence-corrected chi connectivity index (χ1v) is 6.40. The quantitative estimate of drug-likeness (QED) is 0.687. The third-order valence-electron chi connectivity index (χ3n) is 3.22. The number of amidine groups is 1. The Morgan fingerprint density at radius 3 is 2.64 bits per heavy atom. The molecule has 7 nitrogen and oxygen atoms in total. The molecule has 2 aromatic rings. The molecule has 1 atom stereocenters. The fraction of sp³-hybridized carbons (Fsp3) is 0.0667. The van der Waals surface area contributed by atoms with Crippen molar-refractivity contribution in [3.05, 3.63) is 59.2 Å². The number of hydroxylamine groups is 1. The third-order valence-corrected chi connectivity index (χ3v) is 3.22. The van der Waals surface area contributed by atoms with Gasteiger partial charge in [0.05, 0.1) is 11.1 Å². The maximum atomic E-state index is 11.0. The molecule has 0 saturated heterocycles. The lowest BCUT2D eigenvalue weighted by Crippen LogP contribution is -2.18. The molecule has 1 unspecified atom stereocenters. The lowest BCUT2D eigenvalue weighted by molar-refractivity contribution is 0.0362. The number of hydrogen-bond donors (Lipinski definition) is 4. The summed E-state index contributed by atoms with van der Waals surface area (Å²) in [6, 6.07) is 10.4. The van der Waals surface area contributed by atoms with Gasteiger partial charge in [0.2, 0.25) is 6.23 Å². The van der Waals surface area contributed by atoms with Crippen molar-refractivity contribution in [2.24, 2.45) is 4.99 Å². The molecule has 7 heteroatoms. The average Bonchev–Trinajstić information content (AvgIpc) is 2.97. The summed E-state index contributed by atoms with van der Waals surface area (Å²) in [6.45, 7) is 0. The van der Waals surface area contributed by atoms with Crippen molar-refractivity contribution in [1.29, 1.82) is 0 Å². The van der Waals surface area contributed by atoms with Gasteiger partial charge in [-0.3, -0.25) is 0 Å². The zero-order valence-electron chi connectivity index (χ0n) is 11.2. The molecule has 0 bridgehead atoms. The van der Waals surface area contributed by atoms with E-state index in [1.165, 1.54) is 24.3 Å². The van der Waals surface area contributed by atoms with Crippen LogP contribution in [0, 0.1) is 0 Å². The van der Waals surface area contributed by atoms with Crippen LogP contribution in [-0.2, 0) is 4.84 Å². The Labute approximate surface area is 125 Å². The van der Waals surface area contributed by atoms with E-state index in [4.69, 9.17) is 9.94 Å². The fourth-order valence-corrected chi connectivity index (χ4v) is 2.09. The van der Waals surface area contributed by atoms with Gasteiger partial charge >= 0.3 is 5.97 Å². The Bertz CT molecular complexity index is 772. The van der Waals surface area contributed by atoms with Gasteiger partial charge in [0.15, 0.2) is 5.84 Å². The molecule has 4 N–H and O–H groups in total. The predicted molar refractivity (Wildman–Crippen MR) is 76.7 cm³/mol. The minimum Gasteiger partial charge on any atom is -0.507 e. The number of nitrogens with zero attached hydrogens (tertiary/aromatic N) is 1. The van der Waals surface area contributed by atoms with E-state index in [2.05, 4.69) is 10.5 Å². The van der Waals surface area contributed by atoms with Crippen molar-refractivity contribution >= 4 is 11.8 Å². The molecule has 0 saturated carbocycles. The monoisotopic (exact) mass is 300 g/mol. The third kappa shape index (κ3) is 2.45. The second-order valence-electron chi connectivity index (χ2n) is 4.65. The van der Waals surface area contributed by atoms with E-state index in [1.54, 1.807) is 18.2 Å². The number of aliphatic imine (C=N–C) groups is 1. The smallest absolute Gasteiger partial charge is 0.335 e. The Hall–Kier alpha value is -3.06. The Balaban J connectivity index is 1.97. The van der Waals surface area contributed by atoms with Crippen molar-refractivity contribution in [2.75, 3.05) is 0 Å². The maximum Gasteiger partial charge on any atom is 0.335 e. The number of phenols is 2. The Morgan fingerprint density at radius 1 is 1.14 bits per heavy atom. The minimum absolute atomic E-state index is 0.0170. The summed E-state index contributed by atoms with van der Waals surface area (Å²) in [5.41, 5.74) is 3.22. The number of rotatable bonds is 3. The van der Waals surface area contributed by atoms with Crippen molar-refractivity contribution in [3.63, 3.8) is 0 Å². The van der Waals surface area contributed by atoms with Gasteiger partial charge in [-0.25, -0.2) is 20.1 Å². The summed E-state index contributed by atoms with van der Waals surface area (Å²) in [7, 11) is 0. The summed E-state index contributed by atoms with van der Waals surface area (Å²) >= 11 is 0. The number of carboxylic acids is 1. The van der Waals surface area contributed by atoms with Crippen LogP contribution in [0.15, 0.2) is 47.5 Å². The summed E-state index contributed by atoms with van der Waals surface area (Å²) in [4.78, 5) is 20.5. The van der Waals surface area contributed by atoms with E-state index in [0.29, 0.717) is 5.56 Å². The predicted octanol–water partition coefficient (Wildman–Crippen LogP) is 1.78. The van der Waals surface area contributed by atoms with Crippen molar-refractivity contribution in [3.8, 4) is 11.5 Å². The molecule has 0 aliphatic carbocycles. The number of hydrogen-bond acceptors (Lipinski definition) is 6. The SMILES string of the molecule is O=C(O)c1ccc(O)c(C2=NC(c3ccccc3O)ON2)c1. The molecule has 0 amide bonds. The van der Waals surface area contributed by atoms with E-state index >= 15 is 0 Å². The molecule has 1 aliphatic rings. The fourth-order valence-electron chi connectivity index (χ4n) is 2.09. The second-order valence-corrected chi connectivity index (χ2v) is 4.65. The topological polar surface area (TPSA) is 111 Å². The van der Waals surface area contributed by atoms with Gasteiger partial charge in [-0.1, -0.05) is 18.2 Å². The highest BCUT2D eigenvalue weighted by atomic mass is 16.7. The first-order valence-electron chi connectivity index (χ1n) is 6.40. The van der Waals surface area contributed by atoms with Gasteiger partial charge in [0, 0.05) is 5.56 Å². The van der Waals surface area contributed by atoms with Gasteiger partial charge in [0.25, 0.3) is 0 Å². The number of carbonyl (C=O) groups is 1. The summed E-state index contributed by atoms with van der Waals surface area (Å²) in [6.07, 6.45) is -0.788. The largest absolute Gasteiger partial charge is 0.507 e. The number of phenolic OH excluding ortho intramolecular Hbond substituents is 2. The van der Waals surface area contributed by atoms with Crippen molar-refractivity contribution in [2.45, 2.75) is 6.23 Å². The first-order chi connectivity index (χ1) is 10.6. The number of aromatic carboxylic acids is 1. The van der Waals surface area contributed by atoms with Crippen molar-refractivity contribution < 1.29 is 25.0 Å². The van der Waals surface area contributed by atoms with Gasteiger partial charge in [0.1, 0.15) is 11.5 Å². The van der Waals surface area contributed by atoms with Gasteiger partial charge < -0.3 is 15.3 Å². The van der Waals surface area contributed by atoms with E-state index < -0.39 is 12.2 Å². The highest BCUT2D eigenvalue weighted by molar-refractivity contribution is 6.03. The van der Waals surface area contributed by atoms with Crippen molar-refractivity contribution in [1.82, 2.24) is 5.48 Å². The summed E-state index contributed by atoms with van der Waals surface area (Å²) < 4.78 is 0. The highest BCUT2D eigenvalue weighted by Crippen LogP contribution is 2.31. The van der Waals surface area contributed by atoms with Gasteiger partial charge in [-0.15, -0.1) is 0 Å². The molecule has 0 fully saturated rings. The molecule has 0 radical (unpaired) electrons. The van der Waals surface area contributed by atoms with Crippen LogP contribution in [0.3, 0.4) is 0 Å². The number of carboxylic acid groups (broad SMARTS) is 1. The highest BCUT2D eigenvalue weighted by Gasteiger charge is 2.25. The molecule has 3 rings (SSSR count). The number of aromatic hydroxyl groups is 2. The number of benzene rings is 2. The normalized spacial score (nSPS) is 16.9. The Morgan fingerprint density at radius 2 is 1.91 bits per heavy atom. The summed E-state index contributed by atoms with van der Waals surface area (Å²) in [5, 5.41) is 28.7. The zero-order chi connectivity index (χ0) is 15.7. The lowest BCUT2D eigenvalue weighted by Gasteiger charge is -2.07. The molecule has 0 spiro atoms.